The third-order valence-corrected chi connectivity index (χ3v) is 8.09. The van der Waals surface area contributed by atoms with E-state index in [2.05, 4.69) is 112 Å². The number of ether oxygens (including phenoxy) is 1. The predicted octanol–water partition coefficient (Wildman–Crippen LogP) is 7.65. The summed E-state index contributed by atoms with van der Waals surface area (Å²) in [6.45, 7) is 14.7. The Balaban J connectivity index is 1.48. The number of nitrogen functional groups attached to an aromatic ring is 1. The molecule has 38 heavy (non-hydrogen) atoms. The molecule has 0 aliphatic carbocycles. The highest BCUT2D eigenvalue weighted by Crippen LogP contribution is 2.44. The monoisotopic (exact) mass is 507 g/mol. The Labute approximate surface area is 227 Å². The number of rotatable bonds is 5. The van der Waals surface area contributed by atoms with E-state index in [1.54, 1.807) is 0 Å². The molecule has 4 aromatic carbocycles. The van der Waals surface area contributed by atoms with Gasteiger partial charge in [-0.2, -0.15) is 0 Å². The van der Waals surface area contributed by atoms with Gasteiger partial charge in [0, 0.05) is 38.2 Å². The summed E-state index contributed by atoms with van der Waals surface area (Å²) >= 11 is 0. The molecule has 1 unspecified atom stereocenters. The van der Waals surface area contributed by atoms with Gasteiger partial charge in [0.1, 0.15) is 12.4 Å². The van der Waals surface area contributed by atoms with Crippen LogP contribution in [0.15, 0.2) is 66.7 Å². The summed E-state index contributed by atoms with van der Waals surface area (Å²) in [7, 11) is 1.92. The summed E-state index contributed by atoms with van der Waals surface area (Å²) in [5, 5.41) is 5.72. The highest BCUT2D eigenvalue weighted by atomic mass is 16.5. The number of nitrogens with zero attached hydrogens (tertiary/aromatic N) is 1. The first-order valence-electron chi connectivity index (χ1n) is 13.7. The van der Waals surface area contributed by atoms with Gasteiger partial charge in [-0.25, -0.2) is 0 Å². The predicted molar refractivity (Wildman–Crippen MR) is 161 cm³/mol. The molecule has 3 N–H and O–H groups in total. The second kappa shape index (κ2) is 10.3. The summed E-state index contributed by atoms with van der Waals surface area (Å²) in [5.41, 5.74) is 16.2. The van der Waals surface area contributed by atoms with Crippen LogP contribution in [0.2, 0.25) is 0 Å². The van der Waals surface area contributed by atoms with Crippen LogP contribution in [0.5, 0.6) is 5.75 Å². The summed E-state index contributed by atoms with van der Waals surface area (Å²) in [6.07, 6.45) is 0. The van der Waals surface area contributed by atoms with E-state index < -0.39 is 0 Å². The van der Waals surface area contributed by atoms with Crippen LogP contribution in [0.3, 0.4) is 0 Å². The highest BCUT2D eigenvalue weighted by molar-refractivity contribution is 5.85. The molecule has 0 amide bonds. The van der Waals surface area contributed by atoms with E-state index in [0.29, 0.717) is 6.61 Å². The van der Waals surface area contributed by atoms with Crippen LogP contribution < -0.4 is 15.8 Å². The number of anilines is 2. The van der Waals surface area contributed by atoms with Gasteiger partial charge in [-0.15, -0.1) is 0 Å². The normalized spacial score (nSPS) is 15.0. The van der Waals surface area contributed by atoms with Gasteiger partial charge in [-0.3, -0.25) is 4.90 Å². The van der Waals surface area contributed by atoms with Gasteiger partial charge in [-0.1, -0.05) is 69.3 Å². The maximum atomic E-state index is 6.54. The average molecular weight is 508 g/mol. The minimum Gasteiger partial charge on any atom is -0.492 e. The van der Waals surface area contributed by atoms with Crippen LogP contribution >= 0.6 is 0 Å². The maximum Gasteiger partial charge on any atom is 0.124 e. The van der Waals surface area contributed by atoms with Crippen molar-refractivity contribution in [3.8, 4) is 5.75 Å². The Kier molecular flexibility index (Phi) is 7.11. The van der Waals surface area contributed by atoms with Crippen molar-refractivity contribution < 1.29 is 4.74 Å². The minimum absolute atomic E-state index is 0.0291. The molecule has 4 aromatic rings. The zero-order chi connectivity index (χ0) is 27.0. The quantitative estimate of drug-likeness (QED) is 0.272. The average Bonchev–Trinajstić information content (AvgIpc) is 3.07. The number of nitrogens with one attached hydrogen (secondary N) is 1. The third-order valence-electron chi connectivity index (χ3n) is 8.09. The minimum atomic E-state index is 0.0291. The van der Waals surface area contributed by atoms with Crippen molar-refractivity contribution in [3.63, 3.8) is 0 Å². The van der Waals surface area contributed by atoms with Gasteiger partial charge in [0.25, 0.3) is 0 Å². The second-order valence-electron chi connectivity index (χ2n) is 11.8. The van der Waals surface area contributed by atoms with E-state index in [-0.39, 0.29) is 11.3 Å². The molecule has 0 saturated heterocycles. The van der Waals surface area contributed by atoms with Crippen molar-refractivity contribution in [2.24, 2.45) is 5.41 Å². The van der Waals surface area contributed by atoms with Gasteiger partial charge in [0.15, 0.2) is 0 Å². The Morgan fingerprint density at radius 3 is 2.42 bits per heavy atom. The summed E-state index contributed by atoms with van der Waals surface area (Å²) < 4.78 is 6.20. The number of fused-ring (bicyclic) bond motifs is 2. The molecule has 0 bridgehead atoms. The molecule has 4 heteroatoms. The fraction of sp³-hybridized carbons (Fsp3) is 0.353. The van der Waals surface area contributed by atoms with Crippen LogP contribution in [0.1, 0.15) is 60.1 Å². The van der Waals surface area contributed by atoms with Crippen LogP contribution in [0.25, 0.3) is 10.8 Å². The molecule has 1 heterocycles. The van der Waals surface area contributed by atoms with E-state index in [1.165, 1.54) is 38.6 Å². The van der Waals surface area contributed by atoms with Crippen molar-refractivity contribution in [1.29, 1.82) is 0 Å². The van der Waals surface area contributed by atoms with Crippen molar-refractivity contribution in [1.82, 2.24) is 4.90 Å². The molecular weight excluding hydrogens is 466 g/mol. The Morgan fingerprint density at radius 2 is 1.71 bits per heavy atom. The smallest absolute Gasteiger partial charge is 0.124 e. The largest absolute Gasteiger partial charge is 0.492 e. The Bertz CT molecular complexity index is 1470. The lowest BCUT2D eigenvalue weighted by atomic mass is 9.71. The van der Waals surface area contributed by atoms with E-state index in [4.69, 9.17) is 10.5 Å². The van der Waals surface area contributed by atoms with Gasteiger partial charge in [-0.05, 0) is 76.1 Å². The van der Waals surface area contributed by atoms with Crippen LogP contribution in [0, 0.1) is 19.3 Å². The van der Waals surface area contributed by atoms with Gasteiger partial charge in [0.05, 0.1) is 11.4 Å². The third kappa shape index (κ3) is 5.10. The first-order valence-corrected chi connectivity index (χ1v) is 13.7. The van der Waals surface area contributed by atoms with Crippen molar-refractivity contribution in [2.75, 3.05) is 31.2 Å². The topological polar surface area (TPSA) is 50.5 Å². The number of hydrogen-bond acceptors (Lipinski definition) is 4. The lowest BCUT2D eigenvalue weighted by Crippen LogP contribution is -2.26. The Hall–Kier alpha value is -3.50. The van der Waals surface area contributed by atoms with Crippen LogP contribution in [-0.2, 0) is 13.1 Å². The molecule has 5 rings (SSSR count). The van der Waals surface area contributed by atoms with Gasteiger partial charge < -0.3 is 15.8 Å². The van der Waals surface area contributed by atoms with E-state index in [1.807, 2.05) is 7.05 Å². The molecule has 0 saturated carbocycles. The van der Waals surface area contributed by atoms with E-state index in [9.17, 15) is 0 Å². The number of nitrogens with two attached hydrogens (primary N) is 1. The summed E-state index contributed by atoms with van der Waals surface area (Å²) in [5.74, 6) is 1.25. The molecule has 0 spiro atoms. The lowest BCUT2D eigenvalue weighted by molar-refractivity contribution is 0.219. The zero-order valence-corrected chi connectivity index (χ0v) is 23.7. The molecule has 0 radical (unpaired) electrons. The number of hydrogen-bond donors (Lipinski definition) is 2. The van der Waals surface area contributed by atoms with Crippen molar-refractivity contribution >= 4 is 22.1 Å². The van der Waals surface area contributed by atoms with Gasteiger partial charge in [0.2, 0.25) is 0 Å². The standard InChI is InChI=1S/C34H41N3O/c1-22-11-12-26(32(34(3,4)5)29-13-14-30(36-6)33(35)23(29)2)18-27(22)20-37-15-16-38-31-19-25-10-8-7-9-24(25)17-28(31)21-37/h7-14,17-19,32,36H,15-16,20-21,35H2,1-6H3. The molecule has 198 valence electrons. The zero-order valence-electron chi connectivity index (χ0n) is 23.7. The molecule has 1 aliphatic heterocycles. The summed E-state index contributed by atoms with van der Waals surface area (Å²) in [6, 6.07) is 24.4. The first kappa shape index (κ1) is 26.1. The van der Waals surface area contributed by atoms with Crippen molar-refractivity contribution in [2.45, 2.75) is 53.6 Å². The van der Waals surface area contributed by atoms with Crippen LogP contribution in [-0.4, -0.2) is 25.1 Å². The van der Waals surface area contributed by atoms with Crippen LogP contribution in [0.4, 0.5) is 11.4 Å². The molecule has 4 nitrogen and oxygen atoms in total. The molecule has 0 fully saturated rings. The number of aryl methyl sites for hydroxylation is 1. The van der Waals surface area contributed by atoms with Crippen molar-refractivity contribution in [3.05, 3.63) is 100 Å². The molecular formula is C34H41N3O. The first-order chi connectivity index (χ1) is 18.2. The highest BCUT2D eigenvalue weighted by Gasteiger charge is 2.30. The van der Waals surface area contributed by atoms with E-state index >= 15 is 0 Å². The Morgan fingerprint density at radius 1 is 0.974 bits per heavy atom. The molecule has 1 atom stereocenters. The fourth-order valence-electron chi connectivity index (χ4n) is 5.97. The van der Waals surface area contributed by atoms with Gasteiger partial charge >= 0.3 is 0 Å². The van der Waals surface area contributed by atoms with E-state index in [0.717, 1.165) is 42.3 Å². The molecule has 0 aromatic heterocycles. The maximum absolute atomic E-state index is 6.54. The SMILES string of the molecule is CNc1ccc(C(c2ccc(C)c(CN3CCOc4cc5ccccc5cc4C3)c2)C(C)(C)C)c(C)c1N. The molecule has 1 aliphatic rings. The fourth-order valence-corrected chi connectivity index (χ4v) is 5.97. The summed E-state index contributed by atoms with van der Waals surface area (Å²) in [4.78, 5) is 2.52. The second-order valence-corrected chi connectivity index (χ2v) is 11.8. The lowest BCUT2D eigenvalue weighted by Gasteiger charge is -2.34. The number of benzene rings is 4.